The number of fused-ring (bicyclic) bond motifs is 3. The van der Waals surface area contributed by atoms with Gasteiger partial charge in [-0.3, -0.25) is 0 Å². The van der Waals surface area contributed by atoms with Crippen molar-refractivity contribution in [3.05, 3.63) is 127 Å². The van der Waals surface area contributed by atoms with Crippen molar-refractivity contribution >= 4 is 38.9 Å². The molecule has 0 atom stereocenters. The maximum absolute atomic E-state index is 2.30. The third kappa shape index (κ3) is 3.37. The van der Waals surface area contributed by atoms with Crippen molar-refractivity contribution in [1.82, 2.24) is 4.57 Å². The highest BCUT2D eigenvalue weighted by molar-refractivity contribution is 6.09. The number of anilines is 3. The molecule has 6 rings (SSSR count). The second kappa shape index (κ2) is 7.99. The Hall–Kier alpha value is -4.30. The molecule has 5 aromatic carbocycles. The SMILES string of the molecule is Cn1c2ccccc2c2ccc(-c3ccc(N(c4ccccc4)c4ccccc4)cc3)cc21. The van der Waals surface area contributed by atoms with Gasteiger partial charge in [0, 0.05) is 45.9 Å². The van der Waals surface area contributed by atoms with Crippen LogP contribution in [0.4, 0.5) is 17.1 Å². The number of benzene rings is 5. The Bertz CT molecular complexity index is 1510. The highest BCUT2D eigenvalue weighted by atomic mass is 15.1. The molecular formula is C31H24N2. The molecule has 2 nitrogen and oxygen atoms in total. The van der Waals surface area contributed by atoms with Gasteiger partial charge in [-0.1, -0.05) is 78.9 Å². The van der Waals surface area contributed by atoms with E-state index < -0.39 is 0 Å². The van der Waals surface area contributed by atoms with Crippen LogP contribution in [0.25, 0.3) is 32.9 Å². The fraction of sp³-hybridized carbons (Fsp3) is 0.0323. The Morgan fingerprint density at radius 3 is 1.64 bits per heavy atom. The minimum Gasteiger partial charge on any atom is -0.344 e. The van der Waals surface area contributed by atoms with E-state index in [0.29, 0.717) is 0 Å². The molecule has 0 saturated heterocycles. The molecule has 0 aliphatic rings. The van der Waals surface area contributed by atoms with Crippen LogP contribution in [0.2, 0.25) is 0 Å². The molecule has 33 heavy (non-hydrogen) atoms. The summed E-state index contributed by atoms with van der Waals surface area (Å²) >= 11 is 0. The van der Waals surface area contributed by atoms with Crippen LogP contribution >= 0.6 is 0 Å². The molecule has 0 radical (unpaired) electrons. The van der Waals surface area contributed by atoms with Gasteiger partial charge in [0.15, 0.2) is 0 Å². The normalized spacial score (nSPS) is 11.2. The van der Waals surface area contributed by atoms with Gasteiger partial charge in [-0.2, -0.15) is 0 Å². The molecule has 0 N–H and O–H groups in total. The van der Waals surface area contributed by atoms with Gasteiger partial charge in [-0.05, 0) is 59.7 Å². The third-order valence-electron chi connectivity index (χ3n) is 6.40. The van der Waals surface area contributed by atoms with E-state index in [1.807, 2.05) is 0 Å². The molecule has 0 amide bonds. The van der Waals surface area contributed by atoms with Gasteiger partial charge in [0.25, 0.3) is 0 Å². The maximum Gasteiger partial charge on any atom is 0.0494 e. The van der Waals surface area contributed by atoms with Crippen LogP contribution in [0.5, 0.6) is 0 Å². The molecule has 6 aromatic rings. The van der Waals surface area contributed by atoms with E-state index in [0.717, 1.165) is 17.1 Å². The monoisotopic (exact) mass is 424 g/mol. The predicted octanol–water partition coefficient (Wildman–Crippen LogP) is 8.47. The summed E-state index contributed by atoms with van der Waals surface area (Å²) in [6.45, 7) is 0. The minimum absolute atomic E-state index is 1.14. The van der Waals surface area contributed by atoms with E-state index in [9.17, 15) is 0 Å². The lowest BCUT2D eigenvalue weighted by molar-refractivity contribution is 1.01. The minimum atomic E-state index is 1.14. The van der Waals surface area contributed by atoms with Gasteiger partial charge in [0.2, 0.25) is 0 Å². The number of para-hydroxylation sites is 3. The first-order valence-electron chi connectivity index (χ1n) is 11.3. The topological polar surface area (TPSA) is 8.17 Å². The fourth-order valence-corrected chi connectivity index (χ4v) is 4.74. The van der Waals surface area contributed by atoms with Crippen LogP contribution in [0.1, 0.15) is 0 Å². The van der Waals surface area contributed by atoms with Crippen LogP contribution in [-0.2, 0) is 7.05 Å². The number of hydrogen-bond acceptors (Lipinski definition) is 1. The summed E-state index contributed by atoms with van der Waals surface area (Å²) in [5.74, 6) is 0. The third-order valence-corrected chi connectivity index (χ3v) is 6.40. The Morgan fingerprint density at radius 1 is 0.455 bits per heavy atom. The summed E-state index contributed by atoms with van der Waals surface area (Å²) in [4.78, 5) is 2.29. The molecule has 0 unspecified atom stereocenters. The Morgan fingerprint density at radius 2 is 0.970 bits per heavy atom. The molecular weight excluding hydrogens is 400 g/mol. The van der Waals surface area contributed by atoms with Crippen molar-refractivity contribution in [3.63, 3.8) is 0 Å². The van der Waals surface area contributed by atoms with Crippen LogP contribution < -0.4 is 4.90 Å². The number of aryl methyl sites for hydroxylation is 1. The second-order valence-electron chi connectivity index (χ2n) is 8.36. The van der Waals surface area contributed by atoms with Gasteiger partial charge < -0.3 is 9.47 Å². The Balaban J connectivity index is 1.42. The molecule has 2 heteroatoms. The number of nitrogens with zero attached hydrogens (tertiary/aromatic N) is 2. The number of aromatic nitrogens is 1. The molecule has 0 spiro atoms. The van der Waals surface area contributed by atoms with Crippen molar-refractivity contribution < 1.29 is 0 Å². The van der Waals surface area contributed by atoms with E-state index in [4.69, 9.17) is 0 Å². The van der Waals surface area contributed by atoms with Crippen molar-refractivity contribution in [1.29, 1.82) is 0 Å². The summed E-state index contributed by atoms with van der Waals surface area (Å²) in [6, 6.07) is 45.3. The van der Waals surface area contributed by atoms with Crippen molar-refractivity contribution in [2.24, 2.45) is 7.05 Å². The van der Waals surface area contributed by atoms with Crippen LogP contribution in [0.3, 0.4) is 0 Å². The lowest BCUT2D eigenvalue weighted by atomic mass is 10.0. The summed E-state index contributed by atoms with van der Waals surface area (Å²) in [7, 11) is 2.15. The first kappa shape index (κ1) is 19.4. The van der Waals surface area contributed by atoms with Crippen LogP contribution in [-0.4, -0.2) is 4.57 Å². The highest BCUT2D eigenvalue weighted by Crippen LogP contribution is 2.36. The molecule has 158 valence electrons. The van der Waals surface area contributed by atoms with Crippen molar-refractivity contribution in [2.45, 2.75) is 0 Å². The number of hydrogen-bond donors (Lipinski definition) is 0. The van der Waals surface area contributed by atoms with Gasteiger partial charge in [-0.15, -0.1) is 0 Å². The van der Waals surface area contributed by atoms with Crippen LogP contribution in [0.15, 0.2) is 127 Å². The molecule has 0 bridgehead atoms. The average molecular weight is 425 g/mol. The van der Waals surface area contributed by atoms with Gasteiger partial charge >= 0.3 is 0 Å². The van der Waals surface area contributed by atoms with Crippen molar-refractivity contribution in [3.8, 4) is 11.1 Å². The molecule has 0 saturated carbocycles. The zero-order chi connectivity index (χ0) is 22.2. The van der Waals surface area contributed by atoms with E-state index in [1.165, 1.54) is 32.9 Å². The first-order chi connectivity index (χ1) is 16.3. The predicted molar refractivity (Wildman–Crippen MR) is 141 cm³/mol. The highest BCUT2D eigenvalue weighted by Gasteiger charge is 2.13. The molecule has 1 aromatic heterocycles. The zero-order valence-corrected chi connectivity index (χ0v) is 18.5. The molecule has 0 fully saturated rings. The standard InChI is InChI=1S/C31H24N2/c1-32-30-15-9-8-14-28(30)29-21-18-24(22-31(29)32)23-16-19-27(20-17-23)33(25-10-4-2-5-11-25)26-12-6-3-7-13-26/h2-22H,1H3. The quantitative estimate of drug-likeness (QED) is 0.275. The summed E-state index contributed by atoms with van der Waals surface area (Å²) in [5.41, 5.74) is 8.40. The molecule has 0 aliphatic heterocycles. The van der Waals surface area contributed by atoms with E-state index in [-0.39, 0.29) is 0 Å². The first-order valence-corrected chi connectivity index (χ1v) is 11.3. The van der Waals surface area contributed by atoms with Gasteiger partial charge in [-0.25, -0.2) is 0 Å². The second-order valence-corrected chi connectivity index (χ2v) is 8.36. The Labute approximate surface area is 194 Å². The van der Waals surface area contributed by atoms with Crippen LogP contribution in [0, 0.1) is 0 Å². The van der Waals surface area contributed by atoms with Gasteiger partial charge in [0.1, 0.15) is 0 Å². The Kier molecular flexibility index (Phi) is 4.70. The lowest BCUT2D eigenvalue weighted by Crippen LogP contribution is -2.09. The smallest absolute Gasteiger partial charge is 0.0494 e. The molecule has 1 heterocycles. The van der Waals surface area contributed by atoms with Gasteiger partial charge in [0.05, 0.1) is 0 Å². The summed E-state index contributed by atoms with van der Waals surface area (Å²) < 4.78 is 2.29. The average Bonchev–Trinajstić information content (AvgIpc) is 3.17. The van der Waals surface area contributed by atoms with E-state index in [2.05, 4.69) is 144 Å². The van der Waals surface area contributed by atoms with E-state index in [1.54, 1.807) is 0 Å². The zero-order valence-electron chi connectivity index (χ0n) is 18.5. The lowest BCUT2D eigenvalue weighted by Gasteiger charge is -2.25. The molecule has 0 aliphatic carbocycles. The maximum atomic E-state index is 2.30. The fourth-order valence-electron chi connectivity index (χ4n) is 4.74. The summed E-state index contributed by atoms with van der Waals surface area (Å²) in [6.07, 6.45) is 0. The van der Waals surface area contributed by atoms with Crippen molar-refractivity contribution in [2.75, 3.05) is 4.90 Å². The largest absolute Gasteiger partial charge is 0.344 e. The number of rotatable bonds is 4. The summed E-state index contributed by atoms with van der Waals surface area (Å²) in [5, 5.41) is 2.60. The van der Waals surface area contributed by atoms with E-state index >= 15 is 0 Å².